The second-order valence-electron chi connectivity index (χ2n) is 4.01. The molecule has 0 amide bonds. The second kappa shape index (κ2) is 6.41. The highest BCUT2D eigenvalue weighted by Crippen LogP contribution is 2.25. The van der Waals surface area contributed by atoms with E-state index in [0.29, 0.717) is 17.4 Å². The molecule has 1 nitrogen and oxygen atoms in total. The molecule has 0 fully saturated rings. The van der Waals surface area contributed by atoms with Crippen LogP contribution in [0.25, 0.3) is 0 Å². The Hall–Kier alpha value is -1.54. The Morgan fingerprint density at radius 1 is 1.06 bits per heavy atom. The molecule has 0 aliphatic rings. The summed E-state index contributed by atoms with van der Waals surface area (Å²) in [4.78, 5) is 0. The zero-order valence-electron chi connectivity index (χ0n) is 9.90. The molecule has 0 saturated carbocycles. The molecule has 2 aromatic carbocycles. The second-order valence-corrected chi connectivity index (χ2v) is 4.42. The topological polar surface area (TPSA) is 9.23 Å². The Morgan fingerprint density at radius 2 is 1.83 bits per heavy atom. The standard InChI is InChI=1S/C15H14ClFO/c16-14-9-8-13(17)11-15(14)18-10-4-7-12-5-2-1-3-6-12/h1-3,5-6,8-9,11H,4,7,10H2. The number of benzene rings is 2. The van der Waals surface area contributed by atoms with Gasteiger partial charge in [-0.05, 0) is 30.5 Å². The van der Waals surface area contributed by atoms with Crippen LogP contribution in [0.5, 0.6) is 5.75 Å². The third-order valence-electron chi connectivity index (χ3n) is 2.60. The molecule has 0 radical (unpaired) electrons. The van der Waals surface area contributed by atoms with Gasteiger partial charge in [-0.3, -0.25) is 0 Å². The summed E-state index contributed by atoms with van der Waals surface area (Å²) in [6.45, 7) is 0.526. The van der Waals surface area contributed by atoms with Crippen LogP contribution < -0.4 is 4.74 Å². The molecular formula is C15H14ClFO. The summed E-state index contributed by atoms with van der Waals surface area (Å²) in [7, 11) is 0. The minimum atomic E-state index is -0.336. The van der Waals surface area contributed by atoms with Crippen molar-refractivity contribution in [3.05, 3.63) is 64.9 Å². The van der Waals surface area contributed by atoms with Crippen LogP contribution in [0, 0.1) is 5.82 Å². The van der Waals surface area contributed by atoms with Crippen LogP contribution >= 0.6 is 11.6 Å². The Labute approximate surface area is 111 Å². The van der Waals surface area contributed by atoms with Gasteiger partial charge in [0.15, 0.2) is 0 Å². The summed E-state index contributed by atoms with van der Waals surface area (Å²) in [6.07, 6.45) is 1.81. The van der Waals surface area contributed by atoms with E-state index in [9.17, 15) is 4.39 Å². The molecule has 0 unspecified atom stereocenters. The van der Waals surface area contributed by atoms with Crippen molar-refractivity contribution in [2.24, 2.45) is 0 Å². The van der Waals surface area contributed by atoms with E-state index in [1.165, 1.54) is 23.8 Å². The van der Waals surface area contributed by atoms with Crippen LogP contribution in [0.3, 0.4) is 0 Å². The van der Waals surface area contributed by atoms with Gasteiger partial charge >= 0.3 is 0 Å². The number of hydrogen-bond donors (Lipinski definition) is 0. The van der Waals surface area contributed by atoms with Gasteiger partial charge in [-0.2, -0.15) is 0 Å². The third kappa shape index (κ3) is 3.74. The average molecular weight is 265 g/mol. The molecule has 0 bridgehead atoms. The highest BCUT2D eigenvalue weighted by atomic mass is 35.5. The molecule has 94 valence electrons. The predicted octanol–water partition coefficient (Wildman–Crippen LogP) is 4.49. The van der Waals surface area contributed by atoms with Gasteiger partial charge in [-0.1, -0.05) is 41.9 Å². The Bertz CT molecular complexity index is 499. The van der Waals surface area contributed by atoms with Gasteiger partial charge in [-0.15, -0.1) is 0 Å². The lowest BCUT2D eigenvalue weighted by molar-refractivity contribution is 0.309. The van der Waals surface area contributed by atoms with Gasteiger partial charge in [0.05, 0.1) is 11.6 Å². The predicted molar refractivity (Wildman–Crippen MR) is 71.7 cm³/mol. The number of hydrogen-bond acceptors (Lipinski definition) is 1. The van der Waals surface area contributed by atoms with Crippen molar-refractivity contribution in [1.82, 2.24) is 0 Å². The molecule has 2 rings (SSSR count). The number of halogens is 2. The van der Waals surface area contributed by atoms with E-state index in [-0.39, 0.29) is 5.82 Å². The normalized spacial score (nSPS) is 10.3. The zero-order chi connectivity index (χ0) is 12.8. The Kier molecular flexibility index (Phi) is 4.59. The minimum Gasteiger partial charge on any atom is -0.492 e. The molecule has 0 aliphatic heterocycles. The van der Waals surface area contributed by atoms with Crippen molar-refractivity contribution in [3.8, 4) is 5.75 Å². The first-order chi connectivity index (χ1) is 8.75. The number of aryl methyl sites for hydroxylation is 1. The molecule has 0 N–H and O–H groups in total. The van der Waals surface area contributed by atoms with Crippen LogP contribution in [-0.4, -0.2) is 6.61 Å². The molecule has 0 heterocycles. The molecule has 3 heteroatoms. The van der Waals surface area contributed by atoms with Crippen molar-refractivity contribution in [1.29, 1.82) is 0 Å². The summed E-state index contributed by atoms with van der Waals surface area (Å²) >= 11 is 5.90. The van der Waals surface area contributed by atoms with Crippen molar-refractivity contribution in [3.63, 3.8) is 0 Å². The summed E-state index contributed by atoms with van der Waals surface area (Å²) < 4.78 is 18.5. The van der Waals surface area contributed by atoms with E-state index >= 15 is 0 Å². The van der Waals surface area contributed by atoms with E-state index in [0.717, 1.165) is 12.8 Å². The lowest BCUT2D eigenvalue weighted by atomic mass is 10.1. The van der Waals surface area contributed by atoms with Gasteiger partial charge in [0.1, 0.15) is 11.6 Å². The highest BCUT2D eigenvalue weighted by Gasteiger charge is 2.03. The molecule has 18 heavy (non-hydrogen) atoms. The maximum atomic E-state index is 13.0. The monoisotopic (exact) mass is 264 g/mol. The van der Waals surface area contributed by atoms with Gasteiger partial charge in [0.2, 0.25) is 0 Å². The van der Waals surface area contributed by atoms with Crippen LogP contribution in [0.1, 0.15) is 12.0 Å². The Morgan fingerprint density at radius 3 is 2.61 bits per heavy atom. The van der Waals surface area contributed by atoms with Crippen molar-refractivity contribution in [2.45, 2.75) is 12.8 Å². The van der Waals surface area contributed by atoms with Crippen LogP contribution in [0.2, 0.25) is 5.02 Å². The van der Waals surface area contributed by atoms with Crippen molar-refractivity contribution in [2.75, 3.05) is 6.61 Å². The Balaban J connectivity index is 1.80. The number of rotatable bonds is 5. The van der Waals surface area contributed by atoms with Crippen molar-refractivity contribution >= 4 is 11.6 Å². The van der Waals surface area contributed by atoms with Crippen LogP contribution in [0.15, 0.2) is 48.5 Å². The lowest BCUT2D eigenvalue weighted by Crippen LogP contribution is -2.00. The summed E-state index contributed by atoms with van der Waals surface area (Å²) in [5, 5.41) is 0.441. The first-order valence-corrected chi connectivity index (χ1v) is 6.25. The summed E-state index contributed by atoms with van der Waals surface area (Å²) in [5.41, 5.74) is 1.27. The molecule has 0 aromatic heterocycles. The summed E-state index contributed by atoms with van der Waals surface area (Å²) in [6, 6.07) is 14.3. The summed E-state index contributed by atoms with van der Waals surface area (Å²) in [5.74, 6) is 0.0715. The van der Waals surface area contributed by atoms with Gasteiger partial charge in [0.25, 0.3) is 0 Å². The van der Waals surface area contributed by atoms with E-state index < -0.39 is 0 Å². The molecular weight excluding hydrogens is 251 g/mol. The van der Waals surface area contributed by atoms with Gasteiger partial charge in [-0.25, -0.2) is 4.39 Å². The smallest absolute Gasteiger partial charge is 0.140 e. The van der Waals surface area contributed by atoms with E-state index in [4.69, 9.17) is 16.3 Å². The highest BCUT2D eigenvalue weighted by molar-refractivity contribution is 6.32. The fourth-order valence-electron chi connectivity index (χ4n) is 1.69. The lowest BCUT2D eigenvalue weighted by Gasteiger charge is -2.08. The number of ether oxygens (including phenoxy) is 1. The fourth-order valence-corrected chi connectivity index (χ4v) is 1.86. The fraction of sp³-hybridized carbons (Fsp3) is 0.200. The van der Waals surface area contributed by atoms with E-state index in [2.05, 4.69) is 12.1 Å². The first kappa shape index (κ1) is 12.9. The molecule has 0 atom stereocenters. The van der Waals surface area contributed by atoms with Crippen molar-refractivity contribution < 1.29 is 9.13 Å². The average Bonchev–Trinajstić information content (AvgIpc) is 2.40. The first-order valence-electron chi connectivity index (χ1n) is 5.87. The molecule has 0 aliphatic carbocycles. The quantitative estimate of drug-likeness (QED) is 0.723. The van der Waals surface area contributed by atoms with E-state index in [1.807, 2.05) is 18.2 Å². The zero-order valence-corrected chi connectivity index (χ0v) is 10.7. The van der Waals surface area contributed by atoms with Crippen LogP contribution in [-0.2, 0) is 6.42 Å². The maximum absolute atomic E-state index is 13.0. The maximum Gasteiger partial charge on any atom is 0.140 e. The molecule has 2 aromatic rings. The molecule has 0 saturated heterocycles. The molecule has 0 spiro atoms. The SMILES string of the molecule is Fc1ccc(Cl)c(OCCCc2ccccc2)c1. The van der Waals surface area contributed by atoms with Gasteiger partial charge < -0.3 is 4.74 Å². The van der Waals surface area contributed by atoms with Crippen LogP contribution in [0.4, 0.5) is 4.39 Å². The minimum absolute atomic E-state index is 0.336. The largest absolute Gasteiger partial charge is 0.492 e. The van der Waals surface area contributed by atoms with E-state index in [1.54, 1.807) is 0 Å². The third-order valence-corrected chi connectivity index (χ3v) is 2.92. The van der Waals surface area contributed by atoms with Gasteiger partial charge in [0, 0.05) is 6.07 Å².